The Labute approximate surface area is 121 Å². The van der Waals surface area contributed by atoms with Crippen molar-refractivity contribution in [1.29, 1.82) is 0 Å². The molecule has 0 amide bonds. The van der Waals surface area contributed by atoms with Gasteiger partial charge < -0.3 is 24.4 Å². The monoisotopic (exact) mass is 291 g/mol. The van der Waals surface area contributed by atoms with Crippen molar-refractivity contribution in [3.05, 3.63) is 34.2 Å². The number of nitrogens with zero attached hydrogens (tertiary/aromatic N) is 1. The van der Waals surface area contributed by atoms with Crippen molar-refractivity contribution in [3.63, 3.8) is 0 Å². The number of benzene rings is 1. The summed E-state index contributed by atoms with van der Waals surface area (Å²) in [6.07, 6.45) is 0. The van der Waals surface area contributed by atoms with Crippen LogP contribution in [0.15, 0.2) is 27.4 Å². The number of quaternary nitrogens is 1. The van der Waals surface area contributed by atoms with Crippen LogP contribution in [-0.2, 0) is 6.54 Å². The van der Waals surface area contributed by atoms with Crippen molar-refractivity contribution in [2.75, 3.05) is 33.2 Å². The predicted octanol–water partition coefficient (Wildman–Crippen LogP) is 0.754. The molecule has 3 N–H and O–H groups in total. The first-order valence-electron chi connectivity index (χ1n) is 7.00. The Balaban J connectivity index is 2.10. The molecule has 6 nitrogen and oxygen atoms in total. The molecule has 1 aromatic heterocycles. The van der Waals surface area contributed by atoms with Crippen LogP contribution in [0.2, 0.25) is 0 Å². The third-order valence-corrected chi connectivity index (χ3v) is 4.16. The summed E-state index contributed by atoms with van der Waals surface area (Å²) in [5, 5.41) is 23.4. The van der Waals surface area contributed by atoms with Gasteiger partial charge in [0.25, 0.3) is 0 Å². The quantitative estimate of drug-likeness (QED) is 0.432. The molecule has 0 bridgehead atoms. The van der Waals surface area contributed by atoms with Gasteiger partial charge in [-0.25, -0.2) is 4.79 Å². The molecule has 1 aromatic carbocycles. The van der Waals surface area contributed by atoms with E-state index in [4.69, 9.17) is 4.42 Å². The number of hydrogen-bond acceptors (Lipinski definition) is 5. The average molecular weight is 291 g/mol. The Kier molecular flexibility index (Phi) is 3.35. The zero-order valence-electron chi connectivity index (χ0n) is 11.9. The number of nitrogens with one attached hydrogen (secondary N) is 1. The molecule has 0 saturated carbocycles. The molecule has 2 aromatic rings. The summed E-state index contributed by atoms with van der Waals surface area (Å²) in [5.74, 6) is -0.667. The number of hydrogen-bond donors (Lipinski definition) is 3. The summed E-state index contributed by atoms with van der Waals surface area (Å²) >= 11 is 0. The van der Waals surface area contributed by atoms with E-state index in [9.17, 15) is 15.0 Å². The van der Waals surface area contributed by atoms with Gasteiger partial charge in [-0.2, -0.15) is 0 Å². The fraction of sp³-hybridized carbons (Fsp3) is 0.400. The van der Waals surface area contributed by atoms with Gasteiger partial charge in [0, 0.05) is 30.1 Å². The molecule has 0 unspecified atom stereocenters. The molecule has 1 aliphatic heterocycles. The van der Waals surface area contributed by atoms with Crippen LogP contribution in [0.1, 0.15) is 5.56 Å². The lowest BCUT2D eigenvalue weighted by atomic mass is 10.1. The van der Waals surface area contributed by atoms with Gasteiger partial charge in [-0.15, -0.1) is 0 Å². The molecule has 0 radical (unpaired) electrons. The first-order chi connectivity index (χ1) is 9.98. The molecule has 0 aliphatic carbocycles. The highest BCUT2D eigenvalue weighted by atomic mass is 16.4. The van der Waals surface area contributed by atoms with Crippen molar-refractivity contribution in [3.8, 4) is 11.5 Å². The lowest BCUT2D eigenvalue weighted by Crippen LogP contribution is -2.55. The maximum absolute atomic E-state index is 11.7. The van der Waals surface area contributed by atoms with E-state index in [1.807, 2.05) is 0 Å². The predicted molar refractivity (Wildman–Crippen MR) is 78.3 cm³/mol. The van der Waals surface area contributed by atoms with Crippen LogP contribution in [0.5, 0.6) is 11.5 Å². The molecule has 6 heteroatoms. The smallest absolute Gasteiger partial charge is 0.336 e. The number of phenolic OH excluding ortho intramolecular Hbond substituents is 2. The summed E-state index contributed by atoms with van der Waals surface area (Å²) < 4.78 is 5.88. The zero-order chi connectivity index (χ0) is 15.0. The van der Waals surface area contributed by atoms with Crippen molar-refractivity contribution in [2.24, 2.45) is 0 Å². The summed E-state index contributed by atoms with van der Waals surface area (Å²) in [6.45, 7) is 4.54. The van der Waals surface area contributed by atoms with E-state index in [2.05, 4.69) is 12.4 Å². The van der Waals surface area contributed by atoms with Gasteiger partial charge in [-0.05, 0) is 12.1 Å². The Bertz CT molecular complexity index is 732. The standard InChI is InChI=1S/C15H18N2O4/c1-17(6-4-16-5-7-17)9-10-8-13(19)21-15-11(10)2-3-12(18)14(15)20/h2-3,8,16H,4-7,9H2,1H3,(H-,18,19,20)/p+1. The van der Waals surface area contributed by atoms with Crippen LogP contribution in [0.3, 0.4) is 0 Å². The minimum absolute atomic E-state index is 0.0548. The molecule has 1 aliphatic rings. The average Bonchev–Trinajstić information content (AvgIpc) is 2.44. The second kappa shape index (κ2) is 5.05. The summed E-state index contributed by atoms with van der Waals surface area (Å²) in [5.41, 5.74) is 0.375. The van der Waals surface area contributed by atoms with Gasteiger partial charge in [-0.3, -0.25) is 0 Å². The lowest BCUT2D eigenvalue weighted by molar-refractivity contribution is -0.924. The largest absolute Gasteiger partial charge is 0.504 e. The number of fused-ring (bicyclic) bond motifs is 1. The molecule has 3 rings (SSSR count). The molecular formula is C15H19N2O4+. The van der Waals surface area contributed by atoms with Crippen LogP contribution in [-0.4, -0.2) is 47.9 Å². The first-order valence-corrected chi connectivity index (χ1v) is 7.00. The van der Waals surface area contributed by atoms with Gasteiger partial charge in [-0.1, -0.05) is 0 Å². The maximum Gasteiger partial charge on any atom is 0.336 e. The van der Waals surface area contributed by atoms with E-state index in [0.717, 1.165) is 36.2 Å². The SMILES string of the molecule is C[N+]1(Cc2cc(=O)oc3c(O)c(O)ccc23)CCNCC1. The van der Waals surface area contributed by atoms with E-state index < -0.39 is 5.63 Å². The van der Waals surface area contributed by atoms with E-state index >= 15 is 0 Å². The minimum Gasteiger partial charge on any atom is -0.504 e. The third-order valence-electron chi connectivity index (χ3n) is 4.16. The van der Waals surface area contributed by atoms with E-state index in [0.29, 0.717) is 11.9 Å². The highest BCUT2D eigenvalue weighted by Gasteiger charge is 2.26. The molecule has 1 fully saturated rings. The topological polar surface area (TPSA) is 82.7 Å². The number of aromatic hydroxyl groups is 2. The molecular weight excluding hydrogens is 272 g/mol. The van der Waals surface area contributed by atoms with Crippen LogP contribution >= 0.6 is 0 Å². The van der Waals surface area contributed by atoms with E-state index in [-0.39, 0.29) is 17.1 Å². The van der Waals surface area contributed by atoms with Gasteiger partial charge in [0.2, 0.25) is 5.75 Å². The Morgan fingerprint density at radius 2 is 2.00 bits per heavy atom. The number of likely N-dealkylation sites (N-methyl/N-ethyl adjacent to an activating group) is 1. The number of rotatable bonds is 2. The molecule has 0 spiro atoms. The van der Waals surface area contributed by atoms with Gasteiger partial charge >= 0.3 is 5.63 Å². The first kappa shape index (κ1) is 13.9. The Morgan fingerprint density at radius 1 is 1.29 bits per heavy atom. The molecule has 1 saturated heterocycles. The maximum atomic E-state index is 11.7. The fourth-order valence-electron chi connectivity index (χ4n) is 2.90. The van der Waals surface area contributed by atoms with Crippen LogP contribution in [0.4, 0.5) is 0 Å². The molecule has 112 valence electrons. The lowest BCUT2D eigenvalue weighted by Gasteiger charge is -2.38. The third kappa shape index (κ3) is 2.59. The Morgan fingerprint density at radius 3 is 2.71 bits per heavy atom. The van der Waals surface area contributed by atoms with E-state index in [1.165, 1.54) is 12.1 Å². The van der Waals surface area contributed by atoms with Gasteiger partial charge in [0.05, 0.1) is 20.1 Å². The van der Waals surface area contributed by atoms with Crippen LogP contribution in [0.25, 0.3) is 11.0 Å². The zero-order valence-corrected chi connectivity index (χ0v) is 11.9. The van der Waals surface area contributed by atoms with E-state index in [1.54, 1.807) is 6.07 Å². The molecule has 21 heavy (non-hydrogen) atoms. The normalized spacial score (nSPS) is 18.0. The second-order valence-corrected chi connectivity index (χ2v) is 5.88. The highest BCUT2D eigenvalue weighted by molar-refractivity contribution is 5.87. The van der Waals surface area contributed by atoms with Crippen molar-refractivity contribution < 1.29 is 19.1 Å². The number of piperazine rings is 1. The highest BCUT2D eigenvalue weighted by Crippen LogP contribution is 2.34. The second-order valence-electron chi connectivity index (χ2n) is 5.88. The minimum atomic E-state index is -0.514. The number of phenols is 2. The summed E-state index contributed by atoms with van der Waals surface area (Å²) in [6, 6.07) is 4.57. The molecule has 0 atom stereocenters. The van der Waals surface area contributed by atoms with Crippen molar-refractivity contribution in [2.45, 2.75) is 6.54 Å². The van der Waals surface area contributed by atoms with Gasteiger partial charge in [0.15, 0.2) is 11.3 Å². The van der Waals surface area contributed by atoms with Crippen molar-refractivity contribution in [1.82, 2.24) is 5.32 Å². The van der Waals surface area contributed by atoms with Crippen LogP contribution < -0.4 is 10.9 Å². The van der Waals surface area contributed by atoms with Crippen molar-refractivity contribution >= 4 is 11.0 Å². The summed E-state index contributed by atoms with van der Waals surface area (Å²) in [4.78, 5) is 11.7. The van der Waals surface area contributed by atoms with Crippen LogP contribution in [0, 0.1) is 0 Å². The Hall–Kier alpha value is -2.05. The molecule has 2 heterocycles. The summed E-state index contributed by atoms with van der Waals surface area (Å²) in [7, 11) is 2.15. The van der Waals surface area contributed by atoms with Gasteiger partial charge in [0.1, 0.15) is 6.54 Å². The fourth-order valence-corrected chi connectivity index (χ4v) is 2.90.